The molecule has 2 aromatic rings. The lowest BCUT2D eigenvalue weighted by molar-refractivity contribution is 0.0399. The zero-order chi connectivity index (χ0) is 25.6. The largest absolute Gasteiger partial charge is 0.480 e. The van der Waals surface area contributed by atoms with Gasteiger partial charge in [0.05, 0.1) is 55.8 Å². The van der Waals surface area contributed by atoms with Crippen molar-refractivity contribution in [2.24, 2.45) is 0 Å². The van der Waals surface area contributed by atoms with Crippen LogP contribution in [0.15, 0.2) is 12.4 Å². The van der Waals surface area contributed by atoms with E-state index >= 15 is 0 Å². The van der Waals surface area contributed by atoms with Gasteiger partial charge in [0.25, 0.3) is 0 Å². The molecule has 0 aliphatic carbocycles. The van der Waals surface area contributed by atoms with Gasteiger partial charge in [-0.25, -0.2) is 13.4 Å². The van der Waals surface area contributed by atoms with Gasteiger partial charge in [0.1, 0.15) is 23.8 Å². The van der Waals surface area contributed by atoms with E-state index in [0.29, 0.717) is 36.4 Å². The summed E-state index contributed by atoms with van der Waals surface area (Å²) in [6.07, 6.45) is 3.52. The van der Waals surface area contributed by atoms with Crippen molar-refractivity contribution in [2.75, 3.05) is 41.7 Å². The molecule has 196 valence electrons. The lowest BCUT2D eigenvalue weighted by Crippen LogP contribution is -2.31. The highest BCUT2D eigenvalue weighted by Crippen LogP contribution is 2.34. The van der Waals surface area contributed by atoms with E-state index in [4.69, 9.17) is 23.7 Å². The van der Waals surface area contributed by atoms with E-state index in [-0.39, 0.29) is 24.0 Å². The molecule has 0 unspecified atom stereocenters. The van der Waals surface area contributed by atoms with Crippen LogP contribution in [-0.2, 0) is 34.5 Å². The molecule has 2 aromatic heterocycles. The maximum Gasteiger partial charge on any atom is 0.231 e. The number of rotatable bonds is 13. The summed E-state index contributed by atoms with van der Waals surface area (Å²) >= 11 is 0. The fraction of sp³-hybridized carbons (Fsp3) is 0.727. The Bertz CT molecular complexity index is 1040. The monoisotopic (exact) mass is 513 g/mol. The minimum absolute atomic E-state index is 0.0914. The Morgan fingerprint density at radius 2 is 1.80 bits per heavy atom. The summed E-state index contributed by atoms with van der Waals surface area (Å²) in [5.74, 6) is 0.850. The number of sulfone groups is 1. The van der Waals surface area contributed by atoms with Crippen LogP contribution in [0.3, 0.4) is 0 Å². The highest BCUT2D eigenvalue weighted by atomic mass is 32.2. The number of hydrogen-bond acceptors (Lipinski definition) is 11. The standard InChI is InChI=1S/C22H35N5O7S/c1-14-7-8-18(34-14)22-26-25-19(27(22)16(11-30-3)12-31-4)13-35(28,29)15(2)21(33-6)17-9-24-20(32-5)10-23-17/h9-10,14-16,18,21H,7-8,11-13H2,1-6H3/t14-,15-,18-,21-/m0/s1. The van der Waals surface area contributed by atoms with Crippen LogP contribution < -0.4 is 4.74 Å². The molecule has 0 amide bonds. The second kappa shape index (κ2) is 12.2. The van der Waals surface area contributed by atoms with Gasteiger partial charge in [0, 0.05) is 21.3 Å². The fourth-order valence-electron chi connectivity index (χ4n) is 4.26. The summed E-state index contributed by atoms with van der Waals surface area (Å²) < 4.78 is 56.2. The van der Waals surface area contributed by atoms with Crippen molar-refractivity contribution in [3.8, 4) is 5.88 Å². The van der Waals surface area contributed by atoms with E-state index in [1.165, 1.54) is 26.6 Å². The average molecular weight is 514 g/mol. The van der Waals surface area contributed by atoms with Gasteiger partial charge in [-0.3, -0.25) is 4.98 Å². The molecule has 3 heterocycles. The predicted octanol–water partition coefficient (Wildman–Crippen LogP) is 1.84. The van der Waals surface area contributed by atoms with Crippen LogP contribution >= 0.6 is 0 Å². The van der Waals surface area contributed by atoms with Gasteiger partial charge in [-0.15, -0.1) is 10.2 Å². The maximum absolute atomic E-state index is 13.5. The van der Waals surface area contributed by atoms with Crippen molar-refractivity contribution in [1.29, 1.82) is 0 Å². The van der Waals surface area contributed by atoms with E-state index in [2.05, 4.69) is 20.2 Å². The quantitative estimate of drug-likeness (QED) is 0.388. The first kappa shape index (κ1) is 27.4. The molecule has 12 nitrogen and oxygen atoms in total. The Labute approximate surface area is 206 Å². The number of nitrogens with zero attached hydrogens (tertiary/aromatic N) is 5. The SMILES string of the molecule is COCC(COC)n1c(CS(=O)(=O)[C@@H](C)[C@H](OC)c2cnc(OC)cn2)nnc1[C@@H]1CC[C@H](C)O1. The molecule has 0 N–H and O–H groups in total. The molecule has 1 aliphatic heterocycles. The number of methoxy groups -OCH3 is 4. The molecule has 0 aromatic carbocycles. The zero-order valence-electron chi connectivity index (χ0n) is 21.1. The van der Waals surface area contributed by atoms with Crippen molar-refractivity contribution < 1.29 is 32.1 Å². The van der Waals surface area contributed by atoms with Gasteiger partial charge >= 0.3 is 0 Å². The molecule has 13 heteroatoms. The molecule has 0 radical (unpaired) electrons. The lowest BCUT2D eigenvalue weighted by Gasteiger charge is -2.25. The van der Waals surface area contributed by atoms with Crippen LogP contribution in [0.5, 0.6) is 5.88 Å². The van der Waals surface area contributed by atoms with Crippen LogP contribution in [0.4, 0.5) is 0 Å². The maximum atomic E-state index is 13.5. The third kappa shape index (κ3) is 6.33. The van der Waals surface area contributed by atoms with Crippen molar-refractivity contribution >= 4 is 9.84 Å². The minimum atomic E-state index is -3.77. The van der Waals surface area contributed by atoms with E-state index in [0.717, 1.165) is 12.8 Å². The van der Waals surface area contributed by atoms with Gasteiger partial charge in [-0.05, 0) is 26.7 Å². The third-order valence-electron chi connectivity index (χ3n) is 6.12. The first-order chi connectivity index (χ1) is 16.7. The van der Waals surface area contributed by atoms with Gasteiger partial charge in [-0.1, -0.05) is 0 Å². The normalized spacial score (nSPS) is 20.3. The molecule has 0 saturated carbocycles. The Kier molecular flexibility index (Phi) is 9.53. The van der Waals surface area contributed by atoms with E-state index in [1.54, 1.807) is 25.7 Å². The third-order valence-corrected chi connectivity index (χ3v) is 8.16. The van der Waals surface area contributed by atoms with E-state index in [1.807, 2.05) is 6.92 Å². The molecule has 1 fully saturated rings. The minimum Gasteiger partial charge on any atom is -0.480 e. The van der Waals surface area contributed by atoms with Crippen LogP contribution in [0.1, 0.15) is 62.3 Å². The van der Waals surface area contributed by atoms with E-state index in [9.17, 15) is 8.42 Å². The Morgan fingerprint density at radius 3 is 2.31 bits per heavy atom. The Morgan fingerprint density at radius 1 is 1.09 bits per heavy atom. The van der Waals surface area contributed by atoms with Gasteiger partial charge < -0.3 is 28.3 Å². The molecule has 1 aliphatic rings. The van der Waals surface area contributed by atoms with Crippen molar-refractivity contribution in [3.05, 3.63) is 29.7 Å². The first-order valence-electron chi connectivity index (χ1n) is 11.4. The summed E-state index contributed by atoms with van der Waals surface area (Å²) in [6.45, 7) is 4.18. The number of hydrogen-bond donors (Lipinski definition) is 0. The molecule has 0 bridgehead atoms. The molecule has 35 heavy (non-hydrogen) atoms. The van der Waals surface area contributed by atoms with Crippen molar-refractivity contribution in [2.45, 2.75) is 62.0 Å². The van der Waals surface area contributed by atoms with Crippen LogP contribution in [0.2, 0.25) is 0 Å². The van der Waals surface area contributed by atoms with Crippen LogP contribution in [-0.4, -0.2) is 86.2 Å². The topological polar surface area (TPSA) is 137 Å². The second-order valence-electron chi connectivity index (χ2n) is 8.57. The van der Waals surface area contributed by atoms with Crippen molar-refractivity contribution in [1.82, 2.24) is 24.7 Å². The molecule has 4 atom stereocenters. The smallest absolute Gasteiger partial charge is 0.231 e. The zero-order valence-corrected chi connectivity index (χ0v) is 21.9. The highest BCUT2D eigenvalue weighted by molar-refractivity contribution is 7.91. The lowest BCUT2D eigenvalue weighted by atomic mass is 10.2. The van der Waals surface area contributed by atoms with E-state index < -0.39 is 21.2 Å². The van der Waals surface area contributed by atoms with Crippen LogP contribution in [0.25, 0.3) is 0 Å². The summed E-state index contributed by atoms with van der Waals surface area (Å²) in [7, 11) is 2.32. The average Bonchev–Trinajstić information content (AvgIpc) is 3.45. The van der Waals surface area contributed by atoms with Crippen molar-refractivity contribution in [3.63, 3.8) is 0 Å². The van der Waals surface area contributed by atoms with Crippen LogP contribution in [0, 0.1) is 0 Å². The molecular weight excluding hydrogens is 478 g/mol. The second-order valence-corrected chi connectivity index (χ2v) is 10.9. The summed E-state index contributed by atoms with van der Waals surface area (Å²) in [5, 5.41) is 7.69. The Hall–Kier alpha value is -2.19. The molecular formula is C22H35N5O7S. The molecule has 1 saturated heterocycles. The number of aromatic nitrogens is 5. The Balaban J connectivity index is 1.93. The predicted molar refractivity (Wildman–Crippen MR) is 126 cm³/mol. The summed E-state index contributed by atoms with van der Waals surface area (Å²) in [6, 6.07) is -0.319. The fourth-order valence-corrected chi connectivity index (χ4v) is 5.71. The summed E-state index contributed by atoms with van der Waals surface area (Å²) in [5.41, 5.74) is 0.386. The molecule has 0 spiro atoms. The highest BCUT2D eigenvalue weighted by Gasteiger charge is 2.36. The first-order valence-corrected chi connectivity index (χ1v) is 13.1. The molecule has 3 rings (SSSR count). The van der Waals surface area contributed by atoms with Gasteiger partial charge in [0.2, 0.25) is 5.88 Å². The van der Waals surface area contributed by atoms with Gasteiger partial charge in [0.15, 0.2) is 15.7 Å². The number of ether oxygens (including phenoxy) is 5. The summed E-state index contributed by atoms with van der Waals surface area (Å²) in [4.78, 5) is 8.38. The van der Waals surface area contributed by atoms with Gasteiger partial charge in [-0.2, -0.15) is 0 Å².